The molecule has 1 aromatic carbocycles. The van der Waals surface area contributed by atoms with Gasteiger partial charge in [0.15, 0.2) is 11.5 Å². The van der Waals surface area contributed by atoms with Crippen molar-refractivity contribution in [2.75, 3.05) is 13.7 Å². The summed E-state index contributed by atoms with van der Waals surface area (Å²) in [4.78, 5) is 28.0. The number of nitrogens with one attached hydrogen (secondary N) is 1. The van der Waals surface area contributed by atoms with Crippen molar-refractivity contribution in [3.8, 4) is 11.5 Å². The number of amides is 1. The van der Waals surface area contributed by atoms with Crippen molar-refractivity contribution in [2.45, 2.75) is 45.3 Å². The minimum Gasteiger partial charge on any atom is -0.493 e. The van der Waals surface area contributed by atoms with Gasteiger partial charge in [-0.2, -0.15) is 0 Å². The van der Waals surface area contributed by atoms with Crippen LogP contribution >= 0.6 is 11.3 Å². The highest BCUT2D eigenvalue weighted by Gasteiger charge is 2.25. The molecule has 1 aliphatic rings. The smallest absolute Gasteiger partial charge is 0.286 e. The van der Waals surface area contributed by atoms with E-state index < -0.39 is 10.8 Å². The molecule has 3 heterocycles. The maximum Gasteiger partial charge on any atom is 0.286 e. The lowest BCUT2D eigenvalue weighted by molar-refractivity contribution is -0.385. The molecule has 0 saturated carbocycles. The van der Waals surface area contributed by atoms with Gasteiger partial charge in [0.1, 0.15) is 23.8 Å². The molecule has 0 saturated heterocycles. The Balaban J connectivity index is 1.46. The molecule has 12 heteroatoms. The first-order chi connectivity index (χ1) is 16.1. The monoisotopic (exact) mass is 472 g/mol. The zero-order valence-electron chi connectivity index (χ0n) is 18.2. The van der Waals surface area contributed by atoms with Crippen molar-refractivity contribution >= 4 is 22.9 Å². The van der Waals surface area contributed by atoms with Gasteiger partial charge in [0.2, 0.25) is 0 Å². The Morgan fingerprint density at radius 3 is 2.91 bits per heavy atom. The fourth-order valence-corrected chi connectivity index (χ4v) is 4.27. The quantitative estimate of drug-likeness (QED) is 0.371. The second-order valence-electron chi connectivity index (χ2n) is 7.55. The Morgan fingerprint density at radius 1 is 1.27 bits per heavy atom. The number of hydrogen-bond acceptors (Lipinski definition) is 9. The van der Waals surface area contributed by atoms with Crippen LogP contribution in [-0.2, 0) is 26.0 Å². The highest BCUT2D eigenvalue weighted by molar-refractivity contribution is 7.07. The van der Waals surface area contributed by atoms with Crippen LogP contribution in [0.5, 0.6) is 11.5 Å². The molecule has 0 aliphatic carbocycles. The largest absolute Gasteiger partial charge is 0.493 e. The molecule has 1 aliphatic heterocycles. The standard InChI is InChI=1S/C21H24N6O5S/c1-31-17-9-15(16(27(29)30)10-18(17)32-11-14-12-33-13-23-14)21(28)22-7-6-20-25-24-19-5-3-2-4-8-26(19)20/h9-10,12-13H,2-8,11H2,1H3,(H,22,28). The Bertz CT molecular complexity index is 1130. The van der Waals surface area contributed by atoms with E-state index in [2.05, 4.69) is 25.1 Å². The molecule has 4 rings (SSSR count). The molecule has 3 aromatic rings. The fourth-order valence-electron chi connectivity index (χ4n) is 3.73. The van der Waals surface area contributed by atoms with Gasteiger partial charge in [-0.15, -0.1) is 21.5 Å². The number of rotatable bonds is 9. The Morgan fingerprint density at radius 2 is 2.15 bits per heavy atom. The number of ether oxygens (including phenoxy) is 2. The van der Waals surface area contributed by atoms with Gasteiger partial charge in [0.25, 0.3) is 11.6 Å². The van der Waals surface area contributed by atoms with Gasteiger partial charge in [-0.3, -0.25) is 14.9 Å². The predicted molar refractivity (Wildman–Crippen MR) is 120 cm³/mol. The molecule has 0 atom stereocenters. The van der Waals surface area contributed by atoms with Gasteiger partial charge in [-0.25, -0.2) is 4.98 Å². The van der Waals surface area contributed by atoms with Crippen LogP contribution in [0, 0.1) is 10.1 Å². The molecule has 0 fully saturated rings. The van der Waals surface area contributed by atoms with Crippen LogP contribution in [0.25, 0.3) is 0 Å². The van der Waals surface area contributed by atoms with Gasteiger partial charge in [0, 0.05) is 37.4 Å². The summed E-state index contributed by atoms with van der Waals surface area (Å²) in [5.41, 5.74) is 1.90. The van der Waals surface area contributed by atoms with Gasteiger partial charge < -0.3 is 19.4 Å². The number of nitrogens with zero attached hydrogens (tertiary/aromatic N) is 5. The van der Waals surface area contributed by atoms with Crippen molar-refractivity contribution in [1.29, 1.82) is 0 Å². The number of nitro benzene ring substituents is 1. The molecule has 1 amide bonds. The number of fused-ring (bicyclic) bond motifs is 1. The van der Waals surface area contributed by atoms with E-state index in [0.717, 1.165) is 43.9 Å². The average molecular weight is 473 g/mol. The number of nitro groups is 1. The maximum absolute atomic E-state index is 12.8. The molecule has 0 radical (unpaired) electrons. The van der Waals surface area contributed by atoms with Crippen LogP contribution < -0.4 is 14.8 Å². The summed E-state index contributed by atoms with van der Waals surface area (Å²) in [6, 6.07) is 2.53. The molecule has 33 heavy (non-hydrogen) atoms. The normalized spacial score (nSPS) is 13.1. The van der Waals surface area contributed by atoms with Crippen molar-refractivity contribution in [1.82, 2.24) is 25.1 Å². The van der Waals surface area contributed by atoms with Crippen LogP contribution in [0.4, 0.5) is 5.69 Å². The van der Waals surface area contributed by atoms with Crippen LogP contribution in [0.15, 0.2) is 23.0 Å². The summed E-state index contributed by atoms with van der Waals surface area (Å²) in [5, 5.41) is 24.7. The number of carbonyl (C=O) groups excluding carboxylic acids is 1. The molecule has 1 N–H and O–H groups in total. The number of methoxy groups -OCH3 is 1. The number of carbonyl (C=O) groups is 1. The second kappa shape index (κ2) is 10.4. The fraction of sp³-hybridized carbons (Fsp3) is 0.429. The lowest BCUT2D eigenvalue weighted by Gasteiger charge is -2.12. The van der Waals surface area contributed by atoms with Crippen LogP contribution in [0.2, 0.25) is 0 Å². The first kappa shape index (κ1) is 22.6. The first-order valence-electron chi connectivity index (χ1n) is 10.6. The Labute approximate surface area is 193 Å². The third-order valence-corrected chi connectivity index (χ3v) is 6.04. The number of aromatic nitrogens is 4. The molecule has 11 nitrogen and oxygen atoms in total. The lowest BCUT2D eigenvalue weighted by atomic mass is 10.1. The van der Waals surface area contributed by atoms with Crippen molar-refractivity contribution in [3.05, 3.63) is 56.0 Å². The highest BCUT2D eigenvalue weighted by atomic mass is 32.1. The Hall–Kier alpha value is -3.54. The maximum atomic E-state index is 12.8. The van der Waals surface area contributed by atoms with Crippen LogP contribution in [0.3, 0.4) is 0 Å². The van der Waals surface area contributed by atoms with Gasteiger partial charge in [-0.1, -0.05) is 6.42 Å². The molecular weight excluding hydrogens is 448 g/mol. The van der Waals surface area contributed by atoms with Gasteiger partial charge >= 0.3 is 0 Å². The van der Waals surface area contributed by atoms with Gasteiger partial charge in [-0.05, 0) is 12.8 Å². The summed E-state index contributed by atoms with van der Waals surface area (Å²) in [6.07, 6.45) is 4.73. The Kier molecular flexibility index (Phi) is 7.13. The summed E-state index contributed by atoms with van der Waals surface area (Å²) in [6.45, 7) is 1.28. The van der Waals surface area contributed by atoms with E-state index in [0.29, 0.717) is 12.1 Å². The molecular formula is C21H24N6O5S. The summed E-state index contributed by atoms with van der Waals surface area (Å²) in [5.74, 6) is 1.61. The van der Waals surface area contributed by atoms with E-state index in [4.69, 9.17) is 9.47 Å². The van der Waals surface area contributed by atoms with Crippen molar-refractivity contribution < 1.29 is 19.2 Å². The second-order valence-corrected chi connectivity index (χ2v) is 8.27. The molecule has 0 bridgehead atoms. The van der Waals surface area contributed by atoms with Crippen LogP contribution in [0.1, 0.15) is 47.0 Å². The lowest BCUT2D eigenvalue weighted by Crippen LogP contribution is -2.27. The zero-order chi connectivity index (χ0) is 23.2. The summed E-state index contributed by atoms with van der Waals surface area (Å²) in [7, 11) is 1.41. The van der Waals surface area contributed by atoms with Crippen LogP contribution in [-0.4, -0.2) is 44.2 Å². The van der Waals surface area contributed by atoms with E-state index in [9.17, 15) is 14.9 Å². The number of benzene rings is 1. The highest BCUT2D eigenvalue weighted by Crippen LogP contribution is 2.35. The topological polar surface area (TPSA) is 134 Å². The van der Waals surface area contributed by atoms with Crippen molar-refractivity contribution in [3.63, 3.8) is 0 Å². The first-order valence-corrected chi connectivity index (χ1v) is 11.6. The van der Waals surface area contributed by atoms with E-state index >= 15 is 0 Å². The minimum absolute atomic E-state index is 0.0991. The molecule has 2 aromatic heterocycles. The third-order valence-electron chi connectivity index (χ3n) is 5.40. The number of hydrogen-bond donors (Lipinski definition) is 1. The van der Waals surface area contributed by atoms with E-state index in [-0.39, 0.29) is 35.9 Å². The summed E-state index contributed by atoms with van der Waals surface area (Å²) >= 11 is 1.42. The number of thiazole rings is 1. The predicted octanol–water partition coefficient (Wildman–Crippen LogP) is 2.93. The number of aryl methyl sites for hydroxylation is 1. The van der Waals surface area contributed by atoms with Gasteiger partial charge in [0.05, 0.1) is 29.3 Å². The summed E-state index contributed by atoms with van der Waals surface area (Å²) < 4.78 is 13.1. The molecule has 0 unspecified atom stereocenters. The molecule has 0 spiro atoms. The van der Waals surface area contributed by atoms with E-state index in [1.54, 1.807) is 5.51 Å². The van der Waals surface area contributed by atoms with E-state index in [1.165, 1.54) is 30.6 Å². The molecule has 174 valence electrons. The van der Waals surface area contributed by atoms with E-state index in [1.807, 2.05) is 5.38 Å². The zero-order valence-corrected chi connectivity index (χ0v) is 19.0. The van der Waals surface area contributed by atoms with Crippen molar-refractivity contribution in [2.24, 2.45) is 0 Å². The average Bonchev–Trinajstić information content (AvgIpc) is 3.41. The SMILES string of the molecule is COc1cc(C(=O)NCCc2nnc3n2CCCCC3)c([N+](=O)[O-])cc1OCc1cscn1. The minimum atomic E-state index is -0.609. The third kappa shape index (κ3) is 5.28.